The van der Waals surface area contributed by atoms with E-state index >= 15 is 0 Å². The molecule has 0 atom stereocenters. The molecular weight excluding hydrogens is 254 g/mol. The molecule has 0 aromatic carbocycles. The van der Waals surface area contributed by atoms with Crippen LogP contribution in [0, 0.1) is 0 Å². The lowest BCUT2D eigenvalue weighted by Crippen LogP contribution is -2.20. The smallest absolute Gasteiger partial charge is 0.185 e. The predicted octanol–water partition coefficient (Wildman–Crippen LogP) is 3.29. The summed E-state index contributed by atoms with van der Waals surface area (Å²) in [6.45, 7) is 10.2. The van der Waals surface area contributed by atoms with Crippen molar-refractivity contribution in [2.45, 2.75) is 64.5 Å². The molecule has 1 aliphatic carbocycles. The van der Waals surface area contributed by atoms with Crippen molar-refractivity contribution in [2.24, 2.45) is 0 Å². The molecule has 0 bridgehead atoms. The van der Waals surface area contributed by atoms with Crippen molar-refractivity contribution in [1.29, 1.82) is 0 Å². The molecule has 1 aromatic heterocycles. The van der Waals surface area contributed by atoms with Crippen molar-refractivity contribution in [2.75, 3.05) is 18.0 Å². The van der Waals surface area contributed by atoms with Crippen LogP contribution >= 0.6 is 11.3 Å². The Hall–Kier alpha value is -0.610. The highest BCUT2D eigenvalue weighted by atomic mass is 32.1. The van der Waals surface area contributed by atoms with Gasteiger partial charge in [0.05, 0.1) is 5.69 Å². The second-order valence-corrected chi connectivity index (χ2v) is 7.93. The van der Waals surface area contributed by atoms with E-state index in [1.807, 2.05) is 11.3 Å². The van der Waals surface area contributed by atoms with Gasteiger partial charge in [0, 0.05) is 36.0 Å². The lowest BCUT2D eigenvalue weighted by Gasteiger charge is -2.18. The van der Waals surface area contributed by atoms with Crippen LogP contribution in [0.1, 0.15) is 57.0 Å². The Morgan fingerprint density at radius 1 is 1.26 bits per heavy atom. The van der Waals surface area contributed by atoms with Gasteiger partial charge in [0.1, 0.15) is 0 Å². The first-order valence-corrected chi connectivity index (χ1v) is 8.34. The van der Waals surface area contributed by atoms with Crippen LogP contribution in [-0.2, 0) is 12.0 Å². The zero-order valence-electron chi connectivity index (χ0n) is 12.3. The van der Waals surface area contributed by atoms with E-state index in [9.17, 15) is 0 Å². The van der Waals surface area contributed by atoms with Crippen LogP contribution in [-0.4, -0.2) is 24.1 Å². The number of thiazole rings is 1. The summed E-state index contributed by atoms with van der Waals surface area (Å²) < 4.78 is 0. The minimum atomic E-state index is 0.148. The Kier molecular flexibility index (Phi) is 3.56. The van der Waals surface area contributed by atoms with Gasteiger partial charge in [0.2, 0.25) is 0 Å². The van der Waals surface area contributed by atoms with E-state index in [1.165, 1.54) is 54.5 Å². The minimum Gasteiger partial charge on any atom is -0.348 e. The highest BCUT2D eigenvalue weighted by Gasteiger charge is 2.27. The first kappa shape index (κ1) is 13.4. The van der Waals surface area contributed by atoms with Crippen molar-refractivity contribution in [1.82, 2.24) is 10.3 Å². The van der Waals surface area contributed by atoms with E-state index in [1.54, 1.807) is 0 Å². The first-order chi connectivity index (χ1) is 9.04. The normalized spacial score (nSPS) is 20.3. The van der Waals surface area contributed by atoms with E-state index in [0.717, 1.165) is 12.6 Å². The van der Waals surface area contributed by atoms with Gasteiger partial charge in [0.25, 0.3) is 0 Å². The van der Waals surface area contributed by atoms with Gasteiger partial charge in [-0.15, -0.1) is 11.3 Å². The molecule has 106 valence electrons. The highest BCUT2D eigenvalue weighted by Crippen LogP contribution is 2.35. The zero-order valence-corrected chi connectivity index (χ0v) is 13.1. The number of rotatable bonds is 4. The summed E-state index contributed by atoms with van der Waals surface area (Å²) >= 11 is 1.91. The summed E-state index contributed by atoms with van der Waals surface area (Å²) in [4.78, 5) is 8.87. The maximum atomic E-state index is 4.97. The van der Waals surface area contributed by atoms with Gasteiger partial charge in [-0.25, -0.2) is 4.98 Å². The predicted molar refractivity (Wildman–Crippen MR) is 82.1 cm³/mol. The largest absolute Gasteiger partial charge is 0.348 e. The summed E-state index contributed by atoms with van der Waals surface area (Å²) in [5, 5.41) is 4.89. The van der Waals surface area contributed by atoms with Gasteiger partial charge in [-0.2, -0.15) is 0 Å². The number of anilines is 1. The molecule has 0 spiro atoms. The third-order valence-electron chi connectivity index (χ3n) is 3.90. The van der Waals surface area contributed by atoms with E-state index in [0.29, 0.717) is 0 Å². The Balaban J connectivity index is 1.81. The number of nitrogens with zero attached hydrogens (tertiary/aromatic N) is 2. The Labute approximate surface area is 120 Å². The summed E-state index contributed by atoms with van der Waals surface area (Å²) in [5.41, 5.74) is 1.45. The van der Waals surface area contributed by atoms with Crippen LogP contribution in [0.2, 0.25) is 0 Å². The third-order valence-corrected chi connectivity index (χ3v) is 5.02. The molecule has 0 amide bonds. The van der Waals surface area contributed by atoms with E-state index < -0.39 is 0 Å². The van der Waals surface area contributed by atoms with Crippen LogP contribution in [0.4, 0.5) is 5.13 Å². The molecular formula is C15H25N3S. The van der Waals surface area contributed by atoms with Gasteiger partial charge < -0.3 is 10.2 Å². The molecule has 19 heavy (non-hydrogen) atoms. The minimum absolute atomic E-state index is 0.148. The van der Waals surface area contributed by atoms with Crippen molar-refractivity contribution >= 4 is 16.5 Å². The SMILES string of the molecule is CC(C)(C)c1nc(N2CCCC2)sc1CNC1CC1. The van der Waals surface area contributed by atoms with Crippen LogP contribution in [0.5, 0.6) is 0 Å². The second-order valence-electron chi connectivity index (χ2n) is 6.87. The molecule has 3 rings (SSSR count). The third kappa shape index (κ3) is 3.11. The zero-order chi connectivity index (χ0) is 13.5. The Bertz CT molecular complexity index is 437. The van der Waals surface area contributed by atoms with Gasteiger partial charge in [0.15, 0.2) is 5.13 Å². The summed E-state index contributed by atoms with van der Waals surface area (Å²) in [5.74, 6) is 0. The van der Waals surface area contributed by atoms with Gasteiger partial charge in [-0.05, 0) is 25.7 Å². The molecule has 1 N–H and O–H groups in total. The number of aromatic nitrogens is 1. The average Bonchev–Trinajstić information content (AvgIpc) is 2.87. The van der Waals surface area contributed by atoms with Crippen molar-refractivity contribution in [3.8, 4) is 0 Å². The van der Waals surface area contributed by atoms with Crippen molar-refractivity contribution in [3.05, 3.63) is 10.6 Å². The van der Waals surface area contributed by atoms with Crippen molar-refractivity contribution in [3.63, 3.8) is 0 Å². The van der Waals surface area contributed by atoms with E-state index in [4.69, 9.17) is 4.98 Å². The molecule has 1 saturated carbocycles. The van der Waals surface area contributed by atoms with Crippen LogP contribution < -0.4 is 10.2 Å². The fourth-order valence-electron chi connectivity index (χ4n) is 2.61. The molecule has 2 aliphatic rings. The number of hydrogen-bond acceptors (Lipinski definition) is 4. The molecule has 0 radical (unpaired) electrons. The quantitative estimate of drug-likeness (QED) is 0.916. The standard InChI is InChI=1S/C15H25N3S/c1-15(2,3)13-12(10-16-11-6-7-11)19-14(17-13)18-8-4-5-9-18/h11,16H,4-10H2,1-3H3. The molecule has 4 heteroatoms. The second kappa shape index (κ2) is 5.06. The number of hydrogen-bond donors (Lipinski definition) is 1. The fourth-order valence-corrected chi connectivity index (χ4v) is 3.89. The van der Waals surface area contributed by atoms with Crippen LogP contribution in [0.3, 0.4) is 0 Å². The molecule has 1 aromatic rings. The Morgan fingerprint density at radius 2 is 1.95 bits per heavy atom. The topological polar surface area (TPSA) is 28.2 Å². The molecule has 1 aliphatic heterocycles. The van der Waals surface area contributed by atoms with Gasteiger partial charge >= 0.3 is 0 Å². The van der Waals surface area contributed by atoms with Crippen LogP contribution in [0.25, 0.3) is 0 Å². The molecule has 3 nitrogen and oxygen atoms in total. The molecule has 1 saturated heterocycles. The van der Waals surface area contributed by atoms with E-state index in [-0.39, 0.29) is 5.41 Å². The maximum Gasteiger partial charge on any atom is 0.185 e. The summed E-state index contributed by atoms with van der Waals surface area (Å²) in [6, 6.07) is 0.769. The molecule has 0 unspecified atom stereocenters. The average molecular weight is 279 g/mol. The maximum absolute atomic E-state index is 4.97. The monoisotopic (exact) mass is 279 g/mol. The fraction of sp³-hybridized carbons (Fsp3) is 0.800. The van der Waals surface area contributed by atoms with Crippen LogP contribution in [0.15, 0.2) is 0 Å². The lowest BCUT2D eigenvalue weighted by molar-refractivity contribution is 0.558. The van der Waals surface area contributed by atoms with Gasteiger partial charge in [-0.3, -0.25) is 0 Å². The number of nitrogens with one attached hydrogen (secondary N) is 1. The Morgan fingerprint density at radius 3 is 2.53 bits per heavy atom. The lowest BCUT2D eigenvalue weighted by atomic mass is 9.91. The molecule has 2 heterocycles. The van der Waals surface area contributed by atoms with Gasteiger partial charge in [-0.1, -0.05) is 20.8 Å². The van der Waals surface area contributed by atoms with E-state index in [2.05, 4.69) is 31.0 Å². The summed E-state index contributed by atoms with van der Waals surface area (Å²) in [7, 11) is 0. The highest BCUT2D eigenvalue weighted by molar-refractivity contribution is 7.15. The first-order valence-electron chi connectivity index (χ1n) is 7.52. The van der Waals surface area contributed by atoms with Crippen molar-refractivity contribution < 1.29 is 0 Å². The molecule has 2 fully saturated rings. The summed E-state index contributed by atoms with van der Waals surface area (Å²) in [6.07, 6.45) is 5.34.